The highest BCUT2D eigenvalue weighted by Crippen LogP contribution is 2.32. The maximum absolute atomic E-state index is 12.5. The molecule has 27 heavy (non-hydrogen) atoms. The average molecular weight is 366 g/mol. The van der Waals surface area contributed by atoms with Crippen LogP contribution in [0.15, 0.2) is 34.1 Å². The van der Waals surface area contributed by atoms with Gasteiger partial charge in [-0.05, 0) is 25.0 Å². The lowest BCUT2D eigenvalue weighted by atomic mass is 10.1. The van der Waals surface area contributed by atoms with Gasteiger partial charge in [-0.2, -0.15) is 0 Å². The molecular formula is C20H22N4O3. The molecule has 2 aliphatic heterocycles. The number of aromatic hydroxyl groups is 1. The van der Waals surface area contributed by atoms with Gasteiger partial charge in [-0.1, -0.05) is 31.0 Å². The average Bonchev–Trinajstić information content (AvgIpc) is 3.04. The van der Waals surface area contributed by atoms with Crippen molar-refractivity contribution in [2.45, 2.75) is 32.2 Å². The minimum atomic E-state index is -0.495. The molecule has 1 aromatic carbocycles. The molecule has 0 unspecified atom stereocenters. The number of aromatic nitrogens is 2. The number of H-pyrrole nitrogens is 1. The van der Waals surface area contributed by atoms with E-state index in [2.05, 4.69) is 9.98 Å². The first kappa shape index (κ1) is 17.3. The first-order valence-corrected chi connectivity index (χ1v) is 9.28. The molecule has 3 heterocycles. The third kappa shape index (κ3) is 3.45. The van der Waals surface area contributed by atoms with Crippen LogP contribution in [-0.4, -0.2) is 44.8 Å². The smallest absolute Gasteiger partial charge is 0.329 e. The molecule has 1 fully saturated rings. The van der Waals surface area contributed by atoms with Crippen LogP contribution in [0.1, 0.15) is 36.9 Å². The Bertz CT molecular complexity index is 975. The van der Waals surface area contributed by atoms with Gasteiger partial charge in [0.2, 0.25) is 11.8 Å². The molecule has 2 aliphatic rings. The monoisotopic (exact) mass is 366 g/mol. The molecule has 7 heteroatoms. The minimum Gasteiger partial charge on any atom is -0.493 e. The number of hydrogen-bond acceptors (Lipinski definition) is 4. The van der Waals surface area contributed by atoms with Crippen LogP contribution in [-0.2, 0) is 11.3 Å². The number of para-hydroxylation sites is 1. The number of carbonyl (C=O) groups is 1. The van der Waals surface area contributed by atoms with E-state index >= 15 is 0 Å². The predicted octanol–water partition coefficient (Wildman–Crippen LogP) is 2.54. The van der Waals surface area contributed by atoms with Crippen molar-refractivity contribution in [2.75, 3.05) is 13.1 Å². The normalized spacial score (nSPS) is 17.9. The van der Waals surface area contributed by atoms with Crippen molar-refractivity contribution in [1.82, 2.24) is 14.5 Å². The van der Waals surface area contributed by atoms with Crippen LogP contribution in [0.4, 0.5) is 5.69 Å². The second-order valence-corrected chi connectivity index (χ2v) is 6.92. The number of likely N-dealkylation sites (tertiary alicyclic amines) is 1. The minimum absolute atomic E-state index is 0.139. The van der Waals surface area contributed by atoms with Crippen molar-refractivity contribution >= 4 is 29.5 Å². The van der Waals surface area contributed by atoms with Gasteiger partial charge in [0.1, 0.15) is 12.2 Å². The summed E-state index contributed by atoms with van der Waals surface area (Å²) in [6, 6.07) is 7.65. The summed E-state index contributed by atoms with van der Waals surface area (Å²) in [5.41, 5.74) is 2.37. The topological polar surface area (TPSA) is 90.7 Å². The van der Waals surface area contributed by atoms with Gasteiger partial charge in [-0.3, -0.25) is 14.4 Å². The number of rotatable bonds is 3. The lowest BCUT2D eigenvalue weighted by Crippen LogP contribution is -2.36. The Balaban J connectivity index is 1.58. The first-order chi connectivity index (χ1) is 13.1. The Labute approximate surface area is 156 Å². The zero-order valence-electron chi connectivity index (χ0n) is 15.0. The second-order valence-electron chi connectivity index (χ2n) is 6.92. The van der Waals surface area contributed by atoms with E-state index in [0.29, 0.717) is 13.1 Å². The Hall–Kier alpha value is -3.09. The van der Waals surface area contributed by atoms with Crippen molar-refractivity contribution in [3.05, 3.63) is 46.0 Å². The van der Waals surface area contributed by atoms with Gasteiger partial charge in [-0.25, -0.2) is 4.79 Å². The van der Waals surface area contributed by atoms with Crippen LogP contribution in [0.5, 0.6) is 5.88 Å². The number of benzene rings is 1. The molecule has 0 saturated carbocycles. The molecule has 1 amide bonds. The molecule has 140 valence electrons. The number of amides is 1. The molecule has 2 N–H and O–H groups in total. The molecule has 4 rings (SSSR count). The number of hydrogen-bond donors (Lipinski definition) is 2. The summed E-state index contributed by atoms with van der Waals surface area (Å²) in [7, 11) is 0. The molecule has 7 nitrogen and oxygen atoms in total. The van der Waals surface area contributed by atoms with E-state index < -0.39 is 5.69 Å². The Morgan fingerprint density at radius 2 is 1.93 bits per heavy atom. The van der Waals surface area contributed by atoms with Crippen LogP contribution in [0.25, 0.3) is 11.6 Å². The zero-order valence-corrected chi connectivity index (χ0v) is 15.0. The molecule has 0 bridgehead atoms. The molecule has 1 aromatic heterocycles. The van der Waals surface area contributed by atoms with E-state index in [1.807, 2.05) is 24.3 Å². The number of nitrogens with zero attached hydrogens (tertiary/aromatic N) is 3. The number of imidazole rings is 1. The van der Waals surface area contributed by atoms with Crippen LogP contribution in [0.2, 0.25) is 0 Å². The van der Waals surface area contributed by atoms with E-state index in [1.165, 1.54) is 0 Å². The third-order valence-electron chi connectivity index (χ3n) is 5.09. The van der Waals surface area contributed by atoms with E-state index in [4.69, 9.17) is 0 Å². The lowest BCUT2D eigenvalue weighted by Gasteiger charge is -2.20. The highest BCUT2D eigenvalue weighted by atomic mass is 16.3. The van der Waals surface area contributed by atoms with Gasteiger partial charge in [-0.15, -0.1) is 0 Å². The SMILES string of the molecule is O=C(Cn1c(O)c(/C=C2/C=Nc3ccccc32)[nH]c1=O)N1CCCCCC1. The molecule has 2 aromatic rings. The highest BCUT2D eigenvalue weighted by molar-refractivity contribution is 6.21. The van der Waals surface area contributed by atoms with Crippen LogP contribution < -0.4 is 5.69 Å². The molecular weight excluding hydrogens is 344 g/mol. The lowest BCUT2D eigenvalue weighted by molar-refractivity contribution is -0.131. The van der Waals surface area contributed by atoms with Gasteiger partial charge >= 0.3 is 5.69 Å². The largest absolute Gasteiger partial charge is 0.493 e. The third-order valence-corrected chi connectivity index (χ3v) is 5.09. The molecule has 0 spiro atoms. The summed E-state index contributed by atoms with van der Waals surface area (Å²) < 4.78 is 1.09. The van der Waals surface area contributed by atoms with Crippen molar-refractivity contribution in [3.63, 3.8) is 0 Å². The number of fused-ring (bicyclic) bond motifs is 1. The maximum Gasteiger partial charge on any atom is 0.329 e. The molecule has 0 aliphatic carbocycles. The Morgan fingerprint density at radius 3 is 2.70 bits per heavy atom. The van der Waals surface area contributed by atoms with E-state index in [0.717, 1.165) is 47.1 Å². The standard InChI is InChI=1S/C20H22N4O3/c25-18(23-9-5-1-2-6-10-23)13-24-19(26)17(22-20(24)27)11-14-12-21-16-8-4-3-7-15(14)16/h3-4,7-8,11-12,26H,1-2,5-6,9-10,13H2,(H,22,27)/b14-11-. The zero-order chi connectivity index (χ0) is 18.8. The predicted molar refractivity (Wildman–Crippen MR) is 104 cm³/mol. The fourth-order valence-electron chi connectivity index (χ4n) is 3.59. The van der Waals surface area contributed by atoms with Gasteiger partial charge in [0, 0.05) is 30.4 Å². The van der Waals surface area contributed by atoms with E-state index in [9.17, 15) is 14.7 Å². The number of allylic oxidation sites excluding steroid dienone is 1. The summed E-state index contributed by atoms with van der Waals surface area (Å²) in [4.78, 5) is 33.6. The number of carbonyl (C=O) groups excluding carboxylic acids is 1. The Kier molecular flexibility index (Phi) is 4.66. The summed E-state index contributed by atoms with van der Waals surface area (Å²) in [6.07, 6.45) is 7.59. The van der Waals surface area contributed by atoms with Gasteiger partial charge in [0.05, 0.1) is 5.69 Å². The van der Waals surface area contributed by atoms with Crippen LogP contribution in [0, 0.1) is 0 Å². The summed E-state index contributed by atoms with van der Waals surface area (Å²) >= 11 is 0. The summed E-state index contributed by atoms with van der Waals surface area (Å²) in [6.45, 7) is 1.26. The highest BCUT2D eigenvalue weighted by Gasteiger charge is 2.21. The second kappa shape index (κ2) is 7.26. The van der Waals surface area contributed by atoms with Gasteiger partial charge in [0.15, 0.2) is 0 Å². The van der Waals surface area contributed by atoms with Crippen LogP contribution in [0.3, 0.4) is 0 Å². The first-order valence-electron chi connectivity index (χ1n) is 9.28. The summed E-state index contributed by atoms with van der Waals surface area (Å²) in [5, 5.41) is 10.5. The number of nitrogens with one attached hydrogen (secondary N) is 1. The van der Waals surface area contributed by atoms with Crippen molar-refractivity contribution < 1.29 is 9.90 Å². The number of aliphatic imine (C=N–C) groups is 1. The number of aromatic amines is 1. The Morgan fingerprint density at radius 1 is 1.19 bits per heavy atom. The van der Waals surface area contributed by atoms with E-state index in [1.54, 1.807) is 17.2 Å². The van der Waals surface area contributed by atoms with Crippen molar-refractivity contribution in [3.8, 4) is 5.88 Å². The fraction of sp³-hybridized carbons (Fsp3) is 0.350. The van der Waals surface area contributed by atoms with Crippen LogP contribution >= 0.6 is 0 Å². The summed E-state index contributed by atoms with van der Waals surface area (Å²) in [5.74, 6) is -0.367. The van der Waals surface area contributed by atoms with Crippen molar-refractivity contribution in [1.29, 1.82) is 0 Å². The fourth-order valence-corrected chi connectivity index (χ4v) is 3.59. The van der Waals surface area contributed by atoms with Gasteiger partial charge < -0.3 is 15.0 Å². The molecule has 1 saturated heterocycles. The maximum atomic E-state index is 12.5. The van der Waals surface area contributed by atoms with Gasteiger partial charge in [0.25, 0.3) is 0 Å². The van der Waals surface area contributed by atoms with Crippen molar-refractivity contribution in [2.24, 2.45) is 4.99 Å². The quantitative estimate of drug-likeness (QED) is 0.875. The van der Waals surface area contributed by atoms with E-state index in [-0.39, 0.29) is 24.0 Å². The molecule has 0 atom stereocenters. The molecule has 0 radical (unpaired) electrons.